The number of hydrogen-bond donors (Lipinski definition) is 0. The van der Waals surface area contributed by atoms with Crippen LogP contribution in [0.1, 0.15) is 18.4 Å². The molecule has 33 heavy (non-hydrogen) atoms. The number of amides is 1. The van der Waals surface area contributed by atoms with Crippen LogP contribution < -0.4 is 4.74 Å². The first-order valence-electron chi connectivity index (χ1n) is 11.3. The quantitative estimate of drug-likeness (QED) is 0.621. The van der Waals surface area contributed by atoms with Crippen molar-refractivity contribution in [3.8, 4) is 5.75 Å². The lowest BCUT2D eigenvalue weighted by Gasteiger charge is -2.38. The summed E-state index contributed by atoms with van der Waals surface area (Å²) in [5.41, 5.74) is 1.28. The van der Waals surface area contributed by atoms with Gasteiger partial charge in [0.1, 0.15) is 5.75 Å². The molecule has 2 heterocycles. The van der Waals surface area contributed by atoms with E-state index in [1.165, 1.54) is 29.1 Å². The van der Waals surface area contributed by atoms with E-state index in [-0.39, 0.29) is 21.7 Å². The Labute approximate surface area is 200 Å². The summed E-state index contributed by atoms with van der Waals surface area (Å²) >= 11 is 6.12. The lowest BCUT2D eigenvalue weighted by atomic mass is 9.96. The van der Waals surface area contributed by atoms with Crippen LogP contribution in [-0.4, -0.2) is 74.8 Å². The van der Waals surface area contributed by atoms with Crippen molar-refractivity contribution in [2.75, 3.05) is 46.4 Å². The monoisotopic (exact) mass is 491 g/mol. The molecule has 4 rings (SSSR count). The third-order valence-electron chi connectivity index (χ3n) is 6.50. The first-order valence-corrected chi connectivity index (χ1v) is 13.1. The molecule has 7 nitrogen and oxygen atoms in total. The van der Waals surface area contributed by atoms with Gasteiger partial charge in [-0.3, -0.25) is 9.69 Å². The predicted molar refractivity (Wildman–Crippen MR) is 128 cm³/mol. The molecule has 2 aliphatic rings. The highest BCUT2D eigenvalue weighted by Gasteiger charge is 2.34. The van der Waals surface area contributed by atoms with Gasteiger partial charge >= 0.3 is 0 Å². The summed E-state index contributed by atoms with van der Waals surface area (Å²) < 4.78 is 32.6. The van der Waals surface area contributed by atoms with Gasteiger partial charge in [0.05, 0.1) is 17.0 Å². The van der Waals surface area contributed by atoms with Crippen molar-refractivity contribution in [1.29, 1.82) is 0 Å². The maximum absolute atomic E-state index is 13.1. The normalized spacial score (nSPS) is 18.9. The molecular weight excluding hydrogens is 462 g/mol. The van der Waals surface area contributed by atoms with E-state index < -0.39 is 10.0 Å². The molecule has 0 atom stereocenters. The van der Waals surface area contributed by atoms with Crippen molar-refractivity contribution in [2.45, 2.75) is 24.3 Å². The summed E-state index contributed by atoms with van der Waals surface area (Å²) in [5, 5.41) is 0.259. The highest BCUT2D eigenvalue weighted by Crippen LogP contribution is 2.30. The zero-order chi connectivity index (χ0) is 23.4. The summed E-state index contributed by atoms with van der Waals surface area (Å²) in [5.74, 6) is 0.458. The molecule has 2 aromatic rings. The van der Waals surface area contributed by atoms with Gasteiger partial charge in [0, 0.05) is 51.7 Å². The van der Waals surface area contributed by atoms with Crippen LogP contribution in [-0.2, 0) is 21.4 Å². The Morgan fingerprint density at radius 2 is 1.67 bits per heavy atom. The van der Waals surface area contributed by atoms with Crippen molar-refractivity contribution in [3.63, 3.8) is 0 Å². The zero-order valence-corrected chi connectivity index (χ0v) is 20.4. The zero-order valence-electron chi connectivity index (χ0n) is 18.8. The Hall–Kier alpha value is -2.13. The first kappa shape index (κ1) is 24.0. The van der Waals surface area contributed by atoms with Crippen molar-refractivity contribution < 1.29 is 17.9 Å². The minimum atomic E-state index is -3.66. The van der Waals surface area contributed by atoms with E-state index in [1.807, 2.05) is 23.1 Å². The molecule has 2 aliphatic heterocycles. The van der Waals surface area contributed by atoms with Gasteiger partial charge < -0.3 is 9.64 Å². The summed E-state index contributed by atoms with van der Waals surface area (Å²) in [4.78, 5) is 17.5. The van der Waals surface area contributed by atoms with Crippen molar-refractivity contribution in [2.24, 2.45) is 5.92 Å². The van der Waals surface area contributed by atoms with Crippen molar-refractivity contribution in [1.82, 2.24) is 14.1 Å². The molecule has 2 fully saturated rings. The first-order chi connectivity index (χ1) is 15.9. The number of rotatable bonds is 6. The summed E-state index contributed by atoms with van der Waals surface area (Å²) in [6.45, 7) is 4.70. The van der Waals surface area contributed by atoms with Crippen LogP contribution in [0.5, 0.6) is 5.75 Å². The van der Waals surface area contributed by atoms with Gasteiger partial charge in [-0.1, -0.05) is 41.9 Å². The standard InChI is InChI=1S/C24H30ClN3O4S/c1-32-23-8-7-21(17-22(23)25)33(30,31)28-11-9-20(10-12-28)24(29)27-15-13-26(14-16-27)18-19-5-3-2-4-6-19/h2-8,17,20H,9-16,18H2,1H3. The molecule has 0 unspecified atom stereocenters. The van der Waals surface area contributed by atoms with Crippen LogP contribution >= 0.6 is 11.6 Å². The van der Waals surface area contributed by atoms with Crippen LogP contribution in [0.4, 0.5) is 0 Å². The van der Waals surface area contributed by atoms with E-state index in [4.69, 9.17) is 16.3 Å². The van der Waals surface area contributed by atoms with E-state index in [2.05, 4.69) is 17.0 Å². The number of hydrogen-bond acceptors (Lipinski definition) is 5. The highest BCUT2D eigenvalue weighted by molar-refractivity contribution is 7.89. The number of ether oxygens (including phenoxy) is 1. The Balaban J connectivity index is 1.29. The molecule has 1 amide bonds. The smallest absolute Gasteiger partial charge is 0.243 e. The SMILES string of the molecule is COc1ccc(S(=O)(=O)N2CCC(C(=O)N3CCN(Cc4ccccc4)CC3)CC2)cc1Cl. The van der Waals surface area contributed by atoms with Crippen LogP contribution in [0.25, 0.3) is 0 Å². The largest absolute Gasteiger partial charge is 0.495 e. The molecule has 0 aromatic heterocycles. The average Bonchev–Trinajstić information content (AvgIpc) is 2.85. The molecule has 2 saturated heterocycles. The number of sulfonamides is 1. The lowest BCUT2D eigenvalue weighted by Crippen LogP contribution is -2.51. The number of methoxy groups -OCH3 is 1. The van der Waals surface area contributed by atoms with Crippen LogP contribution in [0.2, 0.25) is 5.02 Å². The fraction of sp³-hybridized carbons (Fsp3) is 0.458. The number of piperidine rings is 1. The molecule has 0 radical (unpaired) electrons. The topological polar surface area (TPSA) is 70.2 Å². The molecule has 0 bridgehead atoms. The minimum absolute atomic E-state index is 0.128. The summed E-state index contributed by atoms with van der Waals surface area (Å²) in [6, 6.07) is 14.8. The van der Waals surface area contributed by atoms with E-state index in [1.54, 1.807) is 6.07 Å². The highest BCUT2D eigenvalue weighted by atomic mass is 35.5. The maximum atomic E-state index is 13.1. The third kappa shape index (κ3) is 5.51. The van der Waals surface area contributed by atoms with Gasteiger partial charge in [-0.2, -0.15) is 4.31 Å². The second kappa shape index (κ2) is 10.4. The van der Waals surface area contributed by atoms with Crippen LogP contribution in [0.3, 0.4) is 0 Å². The molecule has 0 aliphatic carbocycles. The average molecular weight is 492 g/mol. The fourth-order valence-corrected chi connectivity index (χ4v) is 6.34. The minimum Gasteiger partial charge on any atom is -0.495 e. The lowest BCUT2D eigenvalue weighted by molar-refractivity contribution is -0.138. The molecule has 178 valence electrons. The second-order valence-corrected chi connectivity index (χ2v) is 10.9. The van der Waals surface area contributed by atoms with Crippen LogP contribution in [0, 0.1) is 5.92 Å². The number of carbonyl (C=O) groups is 1. The molecule has 0 spiro atoms. The summed E-state index contributed by atoms with van der Waals surface area (Å²) in [7, 11) is -2.17. The summed E-state index contributed by atoms with van der Waals surface area (Å²) in [6.07, 6.45) is 1.07. The number of carbonyl (C=O) groups excluding carboxylic acids is 1. The van der Waals surface area contributed by atoms with Gasteiger partial charge in [-0.05, 0) is 36.6 Å². The molecule has 0 saturated carbocycles. The Kier molecular flexibility index (Phi) is 7.58. The van der Waals surface area contributed by atoms with Gasteiger partial charge in [0.25, 0.3) is 0 Å². The molecule has 9 heteroatoms. The maximum Gasteiger partial charge on any atom is 0.243 e. The molecule has 0 N–H and O–H groups in total. The fourth-order valence-electron chi connectivity index (χ4n) is 4.53. The Bertz CT molecular complexity index is 1060. The van der Waals surface area contributed by atoms with Gasteiger partial charge in [0.15, 0.2) is 0 Å². The number of piperazine rings is 1. The predicted octanol–water partition coefficient (Wildman–Crippen LogP) is 3.09. The third-order valence-corrected chi connectivity index (χ3v) is 8.69. The van der Waals surface area contributed by atoms with Crippen molar-refractivity contribution in [3.05, 3.63) is 59.1 Å². The van der Waals surface area contributed by atoms with E-state index >= 15 is 0 Å². The molecular formula is C24H30ClN3O4S. The Morgan fingerprint density at radius 1 is 1.00 bits per heavy atom. The Morgan fingerprint density at radius 3 is 2.27 bits per heavy atom. The van der Waals surface area contributed by atoms with E-state index in [0.29, 0.717) is 44.8 Å². The van der Waals surface area contributed by atoms with Crippen molar-refractivity contribution >= 4 is 27.5 Å². The van der Waals surface area contributed by atoms with Gasteiger partial charge in [-0.25, -0.2) is 8.42 Å². The van der Waals surface area contributed by atoms with Gasteiger partial charge in [0.2, 0.25) is 15.9 Å². The van der Waals surface area contributed by atoms with E-state index in [0.717, 1.165) is 19.6 Å². The van der Waals surface area contributed by atoms with Crippen LogP contribution in [0.15, 0.2) is 53.4 Å². The number of nitrogens with zero attached hydrogens (tertiary/aromatic N) is 3. The van der Waals surface area contributed by atoms with Gasteiger partial charge in [-0.15, -0.1) is 0 Å². The number of benzene rings is 2. The second-order valence-electron chi connectivity index (χ2n) is 8.56. The van der Waals surface area contributed by atoms with E-state index in [9.17, 15) is 13.2 Å². The molecule has 2 aromatic carbocycles. The number of halogens is 1.